The number of anilines is 2. The fraction of sp³-hybridized carbons (Fsp3) is 0.238. The number of aromatic nitrogens is 1. The van der Waals surface area contributed by atoms with Crippen LogP contribution >= 0.6 is 11.3 Å². The molecular formula is C21H19F3N4S. The van der Waals surface area contributed by atoms with Crippen LogP contribution in [-0.4, -0.2) is 24.3 Å². The van der Waals surface area contributed by atoms with E-state index in [0.717, 1.165) is 30.2 Å². The predicted molar refractivity (Wildman–Crippen MR) is 112 cm³/mol. The summed E-state index contributed by atoms with van der Waals surface area (Å²) in [5.41, 5.74) is 4.62. The zero-order chi connectivity index (χ0) is 20.3. The summed E-state index contributed by atoms with van der Waals surface area (Å²) in [6.45, 7) is 1.32. The monoisotopic (exact) mass is 416 g/mol. The van der Waals surface area contributed by atoms with Crippen LogP contribution in [-0.2, 0) is 6.18 Å². The SMILES string of the molecule is FC(F)(F)c1cc(C=NNc2nc(-c3ccccc3)cs2)ccc1N1CCCC1. The summed E-state index contributed by atoms with van der Waals surface area (Å²) in [5.74, 6) is 0. The van der Waals surface area contributed by atoms with E-state index in [1.165, 1.54) is 23.6 Å². The van der Waals surface area contributed by atoms with E-state index in [1.807, 2.05) is 35.7 Å². The van der Waals surface area contributed by atoms with Crippen LogP contribution in [0, 0.1) is 0 Å². The summed E-state index contributed by atoms with van der Waals surface area (Å²) in [4.78, 5) is 6.24. The topological polar surface area (TPSA) is 40.5 Å². The zero-order valence-electron chi connectivity index (χ0n) is 15.5. The van der Waals surface area contributed by atoms with E-state index in [-0.39, 0.29) is 5.69 Å². The van der Waals surface area contributed by atoms with E-state index in [4.69, 9.17) is 0 Å². The molecule has 0 amide bonds. The Labute approximate surface area is 170 Å². The first-order valence-corrected chi connectivity index (χ1v) is 10.1. The first-order chi connectivity index (χ1) is 14.0. The fourth-order valence-corrected chi connectivity index (χ4v) is 3.99. The molecule has 0 atom stereocenters. The van der Waals surface area contributed by atoms with Crippen molar-refractivity contribution in [3.8, 4) is 11.3 Å². The number of benzene rings is 2. The van der Waals surface area contributed by atoms with E-state index < -0.39 is 11.7 Å². The molecular weight excluding hydrogens is 397 g/mol. The Morgan fingerprint density at radius 2 is 1.83 bits per heavy atom. The first kappa shape index (κ1) is 19.4. The molecule has 0 bridgehead atoms. The van der Waals surface area contributed by atoms with Gasteiger partial charge in [-0.3, -0.25) is 5.43 Å². The summed E-state index contributed by atoms with van der Waals surface area (Å²) in [7, 11) is 0. The summed E-state index contributed by atoms with van der Waals surface area (Å²) in [5, 5.41) is 6.54. The molecule has 1 aliphatic rings. The normalized spacial score (nSPS) is 14.7. The maximum Gasteiger partial charge on any atom is 0.418 e. The molecule has 1 fully saturated rings. The van der Waals surface area contributed by atoms with Gasteiger partial charge >= 0.3 is 6.18 Å². The van der Waals surface area contributed by atoms with Crippen LogP contribution < -0.4 is 10.3 Å². The van der Waals surface area contributed by atoms with E-state index >= 15 is 0 Å². The molecule has 1 aromatic heterocycles. The number of hydrazone groups is 1. The van der Waals surface area contributed by atoms with Crippen molar-refractivity contribution in [2.75, 3.05) is 23.4 Å². The molecule has 0 radical (unpaired) electrons. The number of alkyl halides is 3. The highest BCUT2D eigenvalue weighted by Gasteiger charge is 2.35. The first-order valence-electron chi connectivity index (χ1n) is 9.27. The van der Waals surface area contributed by atoms with Crippen molar-refractivity contribution in [2.45, 2.75) is 19.0 Å². The molecule has 3 aromatic rings. The standard InChI is InChI=1S/C21H19F3N4S/c22-21(23,24)17-12-15(8-9-19(17)28-10-4-5-11-28)13-25-27-20-26-18(14-29-20)16-6-2-1-3-7-16/h1-3,6-9,12-14H,4-5,10-11H2,(H,26,27). The summed E-state index contributed by atoms with van der Waals surface area (Å²) >= 11 is 1.38. The van der Waals surface area contributed by atoms with Crippen LogP contribution in [0.25, 0.3) is 11.3 Å². The minimum Gasteiger partial charge on any atom is -0.371 e. The smallest absolute Gasteiger partial charge is 0.371 e. The van der Waals surface area contributed by atoms with Crippen LogP contribution in [0.4, 0.5) is 24.0 Å². The van der Waals surface area contributed by atoms with Gasteiger partial charge in [-0.25, -0.2) is 4.98 Å². The number of nitrogens with zero attached hydrogens (tertiary/aromatic N) is 3. The van der Waals surface area contributed by atoms with Crippen LogP contribution in [0.15, 0.2) is 59.0 Å². The molecule has 4 rings (SSSR count). The number of thiazole rings is 1. The van der Waals surface area contributed by atoms with Gasteiger partial charge in [0.1, 0.15) is 0 Å². The Kier molecular flexibility index (Phi) is 5.53. The molecule has 2 heterocycles. The largest absolute Gasteiger partial charge is 0.418 e. The molecule has 0 unspecified atom stereocenters. The van der Waals surface area contributed by atoms with Crippen molar-refractivity contribution in [3.63, 3.8) is 0 Å². The molecule has 150 valence electrons. The third-order valence-electron chi connectivity index (χ3n) is 4.72. The summed E-state index contributed by atoms with van der Waals surface area (Å²) in [6.07, 6.45) is -1.19. The van der Waals surface area contributed by atoms with E-state index in [9.17, 15) is 13.2 Å². The van der Waals surface area contributed by atoms with Gasteiger partial charge in [0.25, 0.3) is 0 Å². The van der Waals surface area contributed by atoms with Gasteiger partial charge in [0.15, 0.2) is 0 Å². The van der Waals surface area contributed by atoms with Crippen LogP contribution in [0.3, 0.4) is 0 Å². The Morgan fingerprint density at radius 3 is 2.55 bits per heavy atom. The lowest BCUT2D eigenvalue weighted by molar-refractivity contribution is -0.137. The minimum atomic E-state index is -4.41. The second-order valence-electron chi connectivity index (χ2n) is 6.74. The average molecular weight is 416 g/mol. The molecule has 4 nitrogen and oxygen atoms in total. The maximum atomic E-state index is 13.5. The van der Waals surface area contributed by atoms with Crippen LogP contribution in [0.1, 0.15) is 24.0 Å². The molecule has 1 N–H and O–H groups in total. The number of nitrogens with one attached hydrogen (secondary N) is 1. The van der Waals surface area contributed by atoms with E-state index in [0.29, 0.717) is 23.8 Å². The van der Waals surface area contributed by atoms with Gasteiger partial charge in [0.05, 0.1) is 17.5 Å². The summed E-state index contributed by atoms with van der Waals surface area (Å²) in [6, 6.07) is 14.1. The Morgan fingerprint density at radius 1 is 1.07 bits per heavy atom. The second kappa shape index (κ2) is 8.24. The lowest BCUT2D eigenvalue weighted by Crippen LogP contribution is -2.22. The van der Waals surface area contributed by atoms with Crippen molar-refractivity contribution in [1.82, 2.24) is 4.98 Å². The van der Waals surface area contributed by atoms with Gasteiger partial charge in [-0.15, -0.1) is 11.3 Å². The molecule has 1 saturated heterocycles. The molecule has 1 aliphatic heterocycles. The number of rotatable bonds is 5. The third kappa shape index (κ3) is 4.59. The van der Waals surface area contributed by atoms with E-state index in [1.54, 1.807) is 11.0 Å². The second-order valence-corrected chi connectivity index (χ2v) is 7.60. The van der Waals surface area contributed by atoms with Crippen molar-refractivity contribution < 1.29 is 13.2 Å². The molecule has 0 saturated carbocycles. The molecule has 2 aromatic carbocycles. The van der Waals surface area contributed by atoms with Crippen molar-refractivity contribution >= 4 is 28.4 Å². The maximum absolute atomic E-state index is 13.5. The number of halogens is 3. The molecule has 8 heteroatoms. The summed E-state index contributed by atoms with van der Waals surface area (Å²) < 4.78 is 40.6. The van der Waals surface area contributed by atoms with Crippen LogP contribution in [0.2, 0.25) is 0 Å². The quantitative estimate of drug-likeness (QED) is 0.417. The lowest BCUT2D eigenvalue weighted by atomic mass is 10.1. The highest BCUT2D eigenvalue weighted by molar-refractivity contribution is 7.14. The molecule has 29 heavy (non-hydrogen) atoms. The minimum absolute atomic E-state index is 0.243. The zero-order valence-corrected chi connectivity index (χ0v) is 16.3. The Balaban J connectivity index is 1.49. The Hall–Kier alpha value is -2.87. The Bertz CT molecular complexity index is 993. The van der Waals surface area contributed by atoms with Gasteiger partial charge in [-0.05, 0) is 30.5 Å². The average Bonchev–Trinajstić information content (AvgIpc) is 3.40. The third-order valence-corrected chi connectivity index (χ3v) is 5.47. The molecule has 0 spiro atoms. The van der Waals surface area contributed by atoms with Crippen molar-refractivity contribution in [2.24, 2.45) is 5.10 Å². The fourth-order valence-electron chi connectivity index (χ4n) is 3.32. The number of hydrogen-bond acceptors (Lipinski definition) is 5. The highest BCUT2D eigenvalue weighted by Crippen LogP contribution is 2.38. The van der Waals surface area contributed by atoms with Crippen molar-refractivity contribution in [3.05, 3.63) is 65.0 Å². The highest BCUT2D eigenvalue weighted by atomic mass is 32.1. The van der Waals surface area contributed by atoms with Gasteiger partial charge < -0.3 is 4.90 Å². The predicted octanol–water partition coefficient (Wildman–Crippen LogP) is 5.88. The van der Waals surface area contributed by atoms with Crippen LogP contribution in [0.5, 0.6) is 0 Å². The van der Waals surface area contributed by atoms with Gasteiger partial charge in [-0.2, -0.15) is 18.3 Å². The van der Waals surface area contributed by atoms with Gasteiger partial charge in [0, 0.05) is 29.7 Å². The molecule has 0 aliphatic carbocycles. The van der Waals surface area contributed by atoms with Gasteiger partial charge in [-0.1, -0.05) is 36.4 Å². The van der Waals surface area contributed by atoms with E-state index in [2.05, 4.69) is 15.5 Å². The van der Waals surface area contributed by atoms with Crippen molar-refractivity contribution in [1.29, 1.82) is 0 Å². The number of hydrogen-bond donors (Lipinski definition) is 1. The van der Waals surface area contributed by atoms with Gasteiger partial charge in [0.2, 0.25) is 5.13 Å². The lowest BCUT2D eigenvalue weighted by Gasteiger charge is -2.23.